The molecule has 0 aliphatic rings. The number of hydrogen-bond acceptors (Lipinski definition) is 2. The standard InChI is InChI=1S/C16H8F6N2Se/c17-15(18,19)11-5-1-9(2-6-11)13-23-14(25-24-13)10-3-7-12(8-4-10)16(20,21)22/h1-8H. The van der Waals surface area contributed by atoms with Gasteiger partial charge in [-0.25, -0.2) is 0 Å². The number of rotatable bonds is 2. The molecule has 0 unspecified atom stereocenters. The average Bonchev–Trinajstić information content (AvgIpc) is 3.03. The molecule has 0 saturated carbocycles. The van der Waals surface area contributed by atoms with Gasteiger partial charge in [0, 0.05) is 0 Å². The number of benzene rings is 2. The summed E-state index contributed by atoms with van der Waals surface area (Å²) in [6.07, 6.45) is -8.84. The molecule has 130 valence electrons. The summed E-state index contributed by atoms with van der Waals surface area (Å²) in [5, 5.41) is 0. The van der Waals surface area contributed by atoms with Crippen LogP contribution >= 0.6 is 0 Å². The molecule has 0 spiro atoms. The van der Waals surface area contributed by atoms with Gasteiger partial charge in [-0.05, 0) is 0 Å². The molecule has 0 radical (unpaired) electrons. The average molecular weight is 421 g/mol. The zero-order chi connectivity index (χ0) is 18.2. The molecule has 0 fully saturated rings. The van der Waals surface area contributed by atoms with Crippen LogP contribution in [0.1, 0.15) is 11.1 Å². The quantitative estimate of drug-likeness (QED) is 0.435. The van der Waals surface area contributed by atoms with Crippen LogP contribution in [0.5, 0.6) is 0 Å². The first-order valence-electron chi connectivity index (χ1n) is 6.83. The van der Waals surface area contributed by atoms with Gasteiger partial charge in [0.2, 0.25) is 0 Å². The number of nitrogens with zero attached hydrogens (tertiary/aromatic N) is 2. The van der Waals surface area contributed by atoms with Gasteiger partial charge >= 0.3 is 144 Å². The predicted octanol–water partition coefficient (Wildman–Crippen LogP) is 4.91. The number of aromatic nitrogens is 2. The molecule has 3 rings (SSSR count). The Hall–Kier alpha value is -2.12. The van der Waals surface area contributed by atoms with Gasteiger partial charge in [0.1, 0.15) is 0 Å². The second-order valence-corrected chi connectivity index (χ2v) is 6.65. The Labute approximate surface area is 144 Å². The van der Waals surface area contributed by atoms with Crippen LogP contribution in [0.25, 0.3) is 21.5 Å². The Bertz CT molecular complexity index is 791. The summed E-state index contributed by atoms with van der Waals surface area (Å²) in [7, 11) is 0. The Kier molecular flexibility index (Phi) is 4.47. The molecule has 1 heterocycles. The summed E-state index contributed by atoms with van der Waals surface area (Å²) in [5.41, 5.74) is -0.589. The first-order chi connectivity index (χ1) is 11.6. The van der Waals surface area contributed by atoms with Crippen LogP contribution in [0, 0.1) is 0 Å². The SMILES string of the molecule is FC(F)(F)c1ccc(-c2n[se]c(-c3ccc(C(F)(F)F)cc3)n2)cc1. The molecule has 0 saturated heterocycles. The number of hydrogen-bond donors (Lipinski definition) is 0. The van der Waals surface area contributed by atoms with E-state index in [4.69, 9.17) is 0 Å². The van der Waals surface area contributed by atoms with Crippen LogP contribution in [0.15, 0.2) is 48.5 Å². The van der Waals surface area contributed by atoms with Crippen LogP contribution in [-0.2, 0) is 12.4 Å². The monoisotopic (exact) mass is 422 g/mol. The molecule has 9 heteroatoms. The first kappa shape index (κ1) is 17.7. The van der Waals surface area contributed by atoms with Crippen LogP contribution in [0.3, 0.4) is 0 Å². The summed E-state index contributed by atoms with van der Waals surface area (Å²) in [4.78, 5) is 4.24. The fourth-order valence-electron chi connectivity index (χ4n) is 2.07. The van der Waals surface area contributed by atoms with Crippen molar-refractivity contribution in [2.24, 2.45) is 0 Å². The van der Waals surface area contributed by atoms with Crippen molar-refractivity contribution in [3.8, 4) is 21.5 Å². The molecule has 0 atom stereocenters. The summed E-state index contributed by atoms with van der Waals surface area (Å²) in [5.74, 6) is 0.281. The summed E-state index contributed by atoms with van der Waals surface area (Å²) >= 11 is -0.447. The maximum absolute atomic E-state index is 12.6. The van der Waals surface area contributed by atoms with E-state index in [2.05, 4.69) is 8.96 Å². The van der Waals surface area contributed by atoms with Crippen LogP contribution in [0.2, 0.25) is 0 Å². The Balaban J connectivity index is 1.85. The fraction of sp³-hybridized carbons (Fsp3) is 0.125. The molecular formula is C16H8F6N2Se. The topological polar surface area (TPSA) is 25.8 Å². The van der Waals surface area contributed by atoms with Crippen LogP contribution < -0.4 is 0 Å². The predicted molar refractivity (Wildman–Crippen MR) is 79.8 cm³/mol. The van der Waals surface area contributed by atoms with E-state index in [1.165, 1.54) is 24.3 Å². The van der Waals surface area contributed by atoms with Crippen molar-refractivity contribution in [1.29, 1.82) is 0 Å². The van der Waals surface area contributed by atoms with Gasteiger partial charge in [0.15, 0.2) is 0 Å². The number of halogens is 6. The van der Waals surface area contributed by atoms with Crippen LogP contribution in [-0.4, -0.2) is 23.7 Å². The molecule has 25 heavy (non-hydrogen) atoms. The molecule has 0 amide bonds. The summed E-state index contributed by atoms with van der Waals surface area (Å²) in [6, 6.07) is 8.98. The maximum atomic E-state index is 12.6. The van der Waals surface area contributed by atoms with E-state index >= 15 is 0 Å². The van der Waals surface area contributed by atoms with Gasteiger partial charge in [-0.3, -0.25) is 0 Å². The number of alkyl halides is 6. The fourth-order valence-corrected chi connectivity index (χ4v) is 3.51. The molecular weight excluding hydrogens is 413 g/mol. The first-order valence-corrected chi connectivity index (χ1v) is 8.46. The molecule has 0 aliphatic carbocycles. The molecule has 2 nitrogen and oxygen atoms in total. The van der Waals surface area contributed by atoms with E-state index in [-0.39, 0.29) is 5.82 Å². The van der Waals surface area contributed by atoms with Gasteiger partial charge in [-0.2, -0.15) is 0 Å². The Morgan fingerprint density at radius 1 is 0.640 bits per heavy atom. The molecule has 1 aromatic heterocycles. The van der Waals surface area contributed by atoms with Gasteiger partial charge in [-0.1, -0.05) is 0 Å². The third-order valence-corrected chi connectivity index (χ3v) is 4.96. The summed E-state index contributed by atoms with van der Waals surface area (Å²) in [6.45, 7) is 0. The zero-order valence-electron chi connectivity index (χ0n) is 12.2. The van der Waals surface area contributed by atoms with Gasteiger partial charge in [-0.15, -0.1) is 0 Å². The Morgan fingerprint density at radius 3 is 1.52 bits per heavy atom. The second kappa shape index (κ2) is 6.31. The van der Waals surface area contributed by atoms with Crippen molar-refractivity contribution < 1.29 is 26.3 Å². The van der Waals surface area contributed by atoms with Crippen molar-refractivity contribution >= 4 is 14.7 Å². The van der Waals surface area contributed by atoms with Gasteiger partial charge < -0.3 is 0 Å². The van der Waals surface area contributed by atoms with Gasteiger partial charge in [0.25, 0.3) is 0 Å². The Morgan fingerprint density at radius 2 is 1.08 bits per heavy atom. The second-order valence-electron chi connectivity index (χ2n) is 5.07. The van der Waals surface area contributed by atoms with Crippen molar-refractivity contribution in [1.82, 2.24) is 8.96 Å². The minimum atomic E-state index is -4.42. The van der Waals surface area contributed by atoms with E-state index in [1.807, 2.05) is 0 Å². The molecule has 0 aliphatic heterocycles. The van der Waals surface area contributed by atoms with E-state index in [1.54, 1.807) is 0 Å². The third-order valence-electron chi connectivity index (χ3n) is 3.36. The van der Waals surface area contributed by atoms with Crippen molar-refractivity contribution in [3.05, 3.63) is 59.7 Å². The van der Waals surface area contributed by atoms with Crippen molar-refractivity contribution in [2.75, 3.05) is 0 Å². The molecule has 2 aromatic carbocycles. The molecule has 0 bridgehead atoms. The van der Waals surface area contributed by atoms with Crippen molar-refractivity contribution in [3.63, 3.8) is 0 Å². The van der Waals surface area contributed by atoms with E-state index in [0.717, 1.165) is 24.3 Å². The normalized spacial score (nSPS) is 12.4. The van der Waals surface area contributed by atoms with Crippen LogP contribution in [0.4, 0.5) is 26.3 Å². The molecule has 3 aromatic rings. The van der Waals surface area contributed by atoms with E-state index < -0.39 is 38.2 Å². The molecule has 0 N–H and O–H groups in total. The van der Waals surface area contributed by atoms with Crippen molar-refractivity contribution in [2.45, 2.75) is 12.4 Å². The minimum absolute atomic E-state index is 0.281. The summed E-state index contributed by atoms with van der Waals surface area (Å²) < 4.78 is 80.1. The van der Waals surface area contributed by atoms with Gasteiger partial charge in [0.05, 0.1) is 0 Å². The van der Waals surface area contributed by atoms with E-state index in [9.17, 15) is 26.3 Å². The zero-order valence-corrected chi connectivity index (χ0v) is 13.9. The third kappa shape index (κ3) is 3.93. The van der Waals surface area contributed by atoms with E-state index in [0.29, 0.717) is 15.7 Å².